The third-order valence-electron chi connectivity index (χ3n) is 3.55. The molecule has 8 heteroatoms. The highest BCUT2D eigenvalue weighted by Gasteiger charge is 2.30. The number of halogens is 3. The first-order chi connectivity index (χ1) is 12.9. The highest BCUT2D eigenvalue weighted by molar-refractivity contribution is 7.13. The molecule has 0 fully saturated rings. The van der Waals surface area contributed by atoms with E-state index in [1.165, 1.54) is 17.4 Å². The number of aryl methyl sites for hydroxylation is 1. The number of aromatic nitrogens is 1. The second-order valence-electron chi connectivity index (χ2n) is 5.69. The second-order valence-corrected chi connectivity index (χ2v) is 6.55. The normalized spacial score (nSPS) is 11.7. The van der Waals surface area contributed by atoms with Gasteiger partial charge in [-0.3, -0.25) is 5.43 Å². The lowest BCUT2D eigenvalue weighted by Gasteiger charge is -2.11. The summed E-state index contributed by atoms with van der Waals surface area (Å²) in [6.07, 6.45) is -2.79. The molecule has 2 aromatic carbocycles. The highest BCUT2D eigenvalue weighted by atomic mass is 32.1. The largest absolute Gasteiger partial charge is 0.488 e. The van der Waals surface area contributed by atoms with Gasteiger partial charge in [0.25, 0.3) is 0 Å². The van der Waals surface area contributed by atoms with Crippen molar-refractivity contribution in [3.8, 4) is 5.75 Å². The SMILES string of the molecule is Cc1csc(NN=Cc2ccccc2OCc2cccc(C(F)(F)F)c2)n1. The Labute approximate surface area is 158 Å². The van der Waals surface area contributed by atoms with Crippen LogP contribution in [0.15, 0.2) is 59.0 Å². The van der Waals surface area contributed by atoms with Crippen molar-refractivity contribution < 1.29 is 17.9 Å². The number of hydrogen-bond donors (Lipinski definition) is 1. The van der Waals surface area contributed by atoms with Crippen molar-refractivity contribution in [2.45, 2.75) is 19.7 Å². The maximum atomic E-state index is 12.8. The van der Waals surface area contributed by atoms with Crippen molar-refractivity contribution in [3.63, 3.8) is 0 Å². The van der Waals surface area contributed by atoms with Gasteiger partial charge in [-0.25, -0.2) is 4.98 Å². The zero-order valence-corrected chi connectivity index (χ0v) is 15.1. The van der Waals surface area contributed by atoms with Crippen molar-refractivity contribution in [2.24, 2.45) is 5.10 Å². The standard InChI is InChI=1S/C19H16F3N3OS/c1-13-12-27-18(24-13)25-23-10-15-6-2-3-8-17(15)26-11-14-5-4-7-16(9-14)19(20,21)22/h2-10,12H,11H2,1H3,(H,24,25). The molecule has 0 atom stereocenters. The lowest BCUT2D eigenvalue weighted by Crippen LogP contribution is -2.06. The molecule has 0 aliphatic carbocycles. The predicted octanol–water partition coefficient (Wildman–Crippen LogP) is 5.50. The Hall–Kier alpha value is -2.87. The minimum absolute atomic E-state index is 0.0217. The van der Waals surface area contributed by atoms with Gasteiger partial charge in [-0.2, -0.15) is 18.3 Å². The van der Waals surface area contributed by atoms with Gasteiger partial charge in [0.1, 0.15) is 12.4 Å². The van der Waals surface area contributed by atoms with Crippen LogP contribution < -0.4 is 10.2 Å². The molecule has 1 aromatic heterocycles. The van der Waals surface area contributed by atoms with Gasteiger partial charge in [-0.05, 0) is 36.8 Å². The van der Waals surface area contributed by atoms with E-state index in [4.69, 9.17) is 4.74 Å². The molecular weight excluding hydrogens is 375 g/mol. The molecule has 1 N–H and O–H groups in total. The van der Waals surface area contributed by atoms with Gasteiger partial charge >= 0.3 is 6.18 Å². The maximum Gasteiger partial charge on any atom is 0.416 e. The van der Waals surface area contributed by atoms with Gasteiger partial charge in [-0.15, -0.1) is 11.3 Å². The van der Waals surface area contributed by atoms with Crippen LogP contribution in [0, 0.1) is 6.92 Å². The van der Waals surface area contributed by atoms with Gasteiger partial charge in [0, 0.05) is 10.9 Å². The van der Waals surface area contributed by atoms with Crippen molar-refractivity contribution in [2.75, 3.05) is 5.43 Å². The molecule has 0 radical (unpaired) electrons. The van der Waals surface area contributed by atoms with E-state index >= 15 is 0 Å². The Morgan fingerprint density at radius 1 is 1.19 bits per heavy atom. The fourth-order valence-electron chi connectivity index (χ4n) is 2.28. The summed E-state index contributed by atoms with van der Waals surface area (Å²) in [5, 5.41) is 6.71. The fourth-order valence-corrected chi connectivity index (χ4v) is 2.92. The number of nitrogens with one attached hydrogen (secondary N) is 1. The van der Waals surface area contributed by atoms with Crippen LogP contribution in [-0.4, -0.2) is 11.2 Å². The minimum atomic E-state index is -4.37. The minimum Gasteiger partial charge on any atom is -0.488 e. The van der Waals surface area contributed by atoms with E-state index in [0.717, 1.165) is 17.8 Å². The molecule has 3 rings (SSSR count). The molecular formula is C19H16F3N3OS. The number of ether oxygens (including phenoxy) is 1. The van der Waals surface area contributed by atoms with E-state index in [2.05, 4.69) is 15.5 Å². The molecule has 3 aromatic rings. The van der Waals surface area contributed by atoms with Crippen molar-refractivity contribution in [3.05, 3.63) is 76.3 Å². The average Bonchev–Trinajstić information content (AvgIpc) is 3.06. The Morgan fingerprint density at radius 2 is 2.00 bits per heavy atom. The number of rotatable bonds is 6. The first-order valence-corrected chi connectivity index (χ1v) is 8.89. The number of alkyl halides is 3. The summed E-state index contributed by atoms with van der Waals surface area (Å²) in [4.78, 5) is 4.24. The Morgan fingerprint density at radius 3 is 2.74 bits per heavy atom. The van der Waals surface area contributed by atoms with Crippen molar-refractivity contribution in [1.29, 1.82) is 0 Å². The topological polar surface area (TPSA) is 46.5 Å². The molecule has 0 spiro atoms. The number of thiazole rings is 1. The summed E-state index contributed by atoms with van der Waals surface area (Å²) >= 11 is 1.44. The zero-order valence-electron chi connectivity index (χ0n) is 14.3. The van der Waals surface area contributed by atoms with Crippen LogP contribution in [0.25, 0.3) is 0 Å². The summed E-state index contributed by atoms with van der Waals surface area (Å²) in [5.74, 6) is 0.524. The summed E-state index contributed by atoms with van der Waals surface area (Å²) < 4.78 is 44.1. The quantitative estimate of drug-likeness (QED) is 0.446. The van der Waals surface area contributed by atoms with Gasteiger partial charge in [0.05, 0.1) is 17.5 Å². The van der Waals surface area contributed by atoms with E-state index in [1.807, 2.05) is 18.4 Å². The zero-order chi connectivity index (χ0) is 19.3. The molecule has 0 aliphatic heterocycles. The summed E-state index contributed by atoms with van der Waals surface area (Å²) in [6.45, 7) is 1.91. The number of nitrogens with zero attached hydrogens (tertiary/aromatic N) is 2. The number of para-hydroxylation sites is 1. The van der Waals surface area contributed by atoms with Crippen LogP contribution in [0.1, 0.15) is 22.4 Å². The van der Waals surface area contributed by atoms with Crippen molar-refractivity contribution >= 4 is 22.7 Å². The van der Waals surface area contributed by atoms with E-state index in [-0.39, 0.29) is 6.61 Å². The molecule has 1 heterocycles. The Kier molecular flexibility index (Phi) is 5.75. The van der Waals surface area contributed by atoms with E-state index in [0.29, 0.717) is 22.0 Å². The molecule has 4 nitrogen and oxygen atoms in total. The van der Waals surface area contributed by atoms with Gasteiger partial charge in [0.15, 0.2) is 0 Å². The first-order valence-electron chi connectivity index (χ1n) is 8.01. The van der Waals surface area contributed by atoms with Gasteiger partial charge < -0.3 is 4.74 Å². The number of anilines is 1. The lowest BCUT2D eigenvalue weighted by molar-refractivity contribution is -0.137. The Balaban J connectivity index is 1.67. The monoisotopic (exact) mass is 391 g/mol. The average molecular weight is 391 g/mol. The molecule has 0 saturated heterocycles. The lowest BCUT2D eigenvalue weighted by atomic mass is 10.1. The first kappa shape index (κ1) is 18.9. The Bertz CT molecular complexity index is 938. The third-order valence-corrected chi connectivity index (χ3v) is 4.42. The molecule has 0 bridgehead atoms. The van der Waals surface area contributed by atoms with Crippen molar-refractivity contribution in [1.82, 2.24) is 4.98 Å². The molecule has 0 saturated carbocycles. The van der Waals surface area contributed by atoms with E-state index < -0.39 is 11.7 Å². The molecule has 0 aliphatic rings. The number of hydrazone groups is 1. The van der Waals surface area contributed by atoms with E-state index in [1.54, 1.807) is 30.5 Å². The number of hydrogen-bond acceptors (Lipinski definition) is 5. The van der Waals surface area contributed by atoms with Crippen LogP contribution in [-0.2, 0) is 12.8 Å². The predicted molar refractivity (Wildman–Crippen MR) is 100 cm³/mol. The van der Waals surface area contributed by atoms with Crippen LogP contribution in [0.2, 0.25) is 0 Å². The van der Waals surface area contributed by atoms with Gasteiger partial charge in [-0.1, -0.05) is 24.3 Å². The smallest absolute Gasteiger partial charge is 0.416 e. The molecule has 0 amide bonds. The molecule has 27 heavy (non-hydrogen) atoms. The van der Waals surface area contributed by atoms with E-state index in [9.17, 15) is 13.2 Å². The second kappa shape index (κ2) is 8.22. The summed E-state index contributed by atoms with van der Waals surface area (Å²) in [5.41, 5.74) is 4.18. The summed E-state index contributed by atoms with van der Waals surface area (Å²) in [6, 6.07) is 12.2. The molecule has 0 unspecified atom stereocenters. The van der Waals surface area contributed by atoms with Crippen LogP contribution in [0.5, 0.6) is 5.75 Å². The van der Waals surface area contributed by atoms with Gasteiger partial charge in [0.2, 0.25) is 5.13 Å². The number of benzene rings is 2. The van der Waals surface area contributed by atoms with Crippen LogP contribution in [0.4, 0.5) is 18.3 Å². The fraction of sp³-hybridized carbons (Fsp3) is 0.158. The van der Waals surface area contributed by atoms with Crippen LogP contribution in [0.3, 0.4) is 0 Å². The summed E-state index contributed by atoms with van der Waals surface area (Å²) in [7, 11) is 0. The van der Waals surface area contributed by atoms with Crippen LogP contribution >= 0.6 is 11.3 Å². The molecule has 140 valence electrons. The maximum absolute atomic E-state index is 12.8. The highest BCUT2D eigenvalue weighted by Crippen LogP contribution is 2.30. The third kappa shape index (κ3) is 5.30.